The van der Waals surface area contributed by atoms with Crippen molar-refractivity contribution in [2.24, 2.45) is 11.8 Å². The number of phenolic OH excluding ortho intramolecular Hbond substituents is 6. The Morgan fingerprint density at radius 3 is 1.69 bits per heavy atom. The lowest BCUT2D eigenvalue weighted by atomic mass is 9.74. The molecule has 2 aromatic carbocycles. The highest BCUT2D eigenvalue weighted by molar-refractivity contribution is 5.53. The minimum Gasteiger partial charge on any atom is -0.508 e. The average Bonchev–Trinajstić information content (AvgIpc) is 2.78. The van der Waals surface area contributed by atoms with Crippen molar-refractivity contribution in [2.75, 3.05) is 0 Å². The third-order valence-corrected chi connectivity index (χ3v) is 7.00. The highest BCUT2D eigenvalue weighted by atomic mass is 16.3. The summed E-state index contributed by atoms with van der Waals surface area (Å²) < 4.78 is 0. The van der Waals surface area contributed by atoms with Crippen LogP contribution >= 0.6 is 0 Å². The van der Waals surface area contributed by atoms with Gasteiger partial charge in [-0.05, 0) is 65.2 Å². The molecule has 0 saturated carbocycles. The minimum atomic E-state index is -0.577. The fourth-order valence-electron chi connectivity index (χ4n) is 4.80. The Balaban J connectivity index is 0.000000226. The molecule has 0 bridgehead atoms. The summed E-state index contributed by atoms with van der Waals surface area (Å²) in [7, 11) is 0. The Morgan fingerprint density at radius 2 is 1.28 bits per heavy atom. The van der Waals surface area contributed by atoms with Gasteiger partial charge in [0.2, 0.25) is 0 Å². The monoisotopic (exact) mass is 538 g/mol. The fourth-order valence-corrected chi connectivity index (χ4v) is 4.80. The largest absolute Gasteiger partial charge is 0.508 e. The lowest BCUT2D eigenvalue weighted by molar-refractivity contribution is 0.0903. The first-order valence-electron chi connectivity index (χ1n) is 13.0. The molecule has 0 spiro atoms. The third-order valence-electron chi connectivity index (χ3n) is 7.00. The van der Waals surface area contributed by atoms with Crippen LogP contribution < -0.4 is 0 Å². The molecule has 0 amide bonds. The van der Waals surface area contributed by atoms with Gasteiger partial charge in [-0.15, -0.1) is 0 Å². The Bertz CT molecular complexity index is 1170. The van der Waals surface area contributed by atoms with Gasteiger partial charge in [-0.3, -0.25) is 0 Å². The maximum atomic E-state index is 10.0. The van der Waals surface area contributed by atoms with Gasteiger partial charge in [-0.1, -0.05) is 48.1 Å². The van der Waals surface area contributed by atoms with E-state index in [2.05, 4.69) is 32.2 Å². The molecule has 4 rings (SSSR count). The molecule has 7 nitrogen and oxygen atoms in total. The highest BCUT2D eigenvalue weighted by Gasteiger charge is 2.30. The number of rotatable bonds is 3. The van der Waals surface area contributed by atoms with E-state index in [1.54, 1.807) is 0 Å². The molecule has 2 aliphatic carbocycles. The maximum Gasteiger partial charge on any atom is 0.126 e. The van der Waals surface area contributed by atoms with Crippen LogP contribution in [0.15, 0.2) is 78.4 Å². The highest BCUT2D eigenvalue weighted by Crippen LogP contribution is 2.47. The molecule has 0 radical (unpaired) electrons. The summed E-state index contributed by atoms with van der Waals surface area (Å²) in [4.78, 5) is 0. The Labute approximate surface area is 231 Å². The predicted molar refractivity (Wildman–Crippen MR) is 154 cm³/mol. The molecule has 2 aromatic rings. The number of phenols is 6. The van der Waals surface area contributed by atoms with Crippen molar-refractivity contribution in [1.29, 1.82) is 0 Å². The van der Waals surface area contributed by atoms with Gasteiger partial charge < -0.3 is 35.7 Å². The maximum absolute atomic E-state index is 10.0. The summed E-state index contributed by atoms with van der Waals surface area (Å²) in [5.41, 5.74) is 3.38. The van der Waals surface area contributed by atoms with Crippen LogP contribution in [-0.2, 0) is 0 Å². The van der Waals surface area contributed by atoms with Gasteiger partial charge in [0.1, 0.15) is 34.5 Å². The summed E-state index contributed by atoms with van der Waals surface area (Å²) in [6.07, 6.45) is 9.87. The Kier molecular flexibility index (Phi) is 10.7. The minimum absolute atomic E-state index is 0.0697. The molecular weight excluding hydrogens is 496 g/mol. The Morgan fingerprint density at radius 1 is 0.795 bits per heavy atom. The van der Waals surface area contributed by atoms with E-state index in [1.165, 1.54) is 23.3 Å². The first kappa shape index (κ1) is 31.4. The number of benzene rings is 2. The van der Waals surface area contributed by atoms with Crippen molar-refractivity contribution in [3.8, 4) is 34.5 Å². The van der Waals surface area contributed by atoms with Crippen LogP contribution in [-0.4, -0.2) is 41.3 Å². The lowest BCUT2D eigenvalue weighted by Crippen LogP contribution is -2.25. The molecule has 0 fully saturated rings. The van der Waals surface area contributed by atoms with Crippen molar-refractivity contribution in [2.45, 2.75) is 64.9 Å². The second kappa shape index (κ2) is 13.3. The number of allylic oxidation sites excluding steroid dienone is 5. The number of aliphatic hydroxyl groups is 1. The van der Waals surface area contributed by atoms with Gasteiger partial charge in [-0.25, -0.2) is 0 Å². The normalized spacial score (nSPS) is 23.8. The lowest BCUT2D eigenvalue weighted by Gasteiger charge is -2.31. The molecule has 0 heterocycles. The van der Waals surface area contributed by atoms with E-state index >= 15 is 0 Å². The van der Waals surface area contributed by atoms with Crippen molar-refractivity contribution < 1.29 is 35.7 Å². The zero-order valence-corrected chi connectivity index (χ0v) is 23.2. The van der Waals surface area contributed by atoms with Gasteiger partial charge in [-0.2, -0.15) is 0 Å². The van der Waals surface area contributed by atoms with Gasteiger partial charge in [0.15, 0.2) is 0 Å². The second-order valence-electron chi connectivity index (χ2n) is 10.8. The third kappa shape index (κ3) is 9.45. The fraction of sp³-hybridized carbons (Fsp3) is 0.375. The quantitative estimate of drug-likeness (QED) is 0.211. The van der Waals surface area contributed by atoms with Crippen molar-refractivity contribution in [1.82, 2.24) is 0 Å². The topological polar surface area (TPSA) is 142 Å². The van der Waals surface area contributed by atoms with E-state index < -0.39 is 5.60 Å². The van der Waals surface area contributed by atoms with Crippen molar-refractivity contribution in [3.05, 3.63) is 84.0 Å². The van der Waals surface area contributed by atoms with Gasteiger partial charge in [0, 0.05) is 41.8 Å². The molecular formula is C32H42O7. The van der Waals surface area contributed by atoms with Crippen LogP contribution in [0.5, 0.6) is 34.5 Å². The van der Waals surface area contributed by atoms with Crippen LogP contribution in [0.4, 0.5) is 0 Å². The Hall–Kier alpha value is -3.84. The zero-order chi connectivity index (χ0) is 29.5. The van der Waals surface area contributed by atoms with E-state index in [4.69, 9.17) is 15.3 Å². The van der Waals surface area contributed by atoms with Crippen molar-refractivity contribution >= 4 is 0 Å². The van der Waals surface area contributed by atoms with E-state index in [0.717, 1.165) is 49.5 Å². The predicted octanol–water partition coefficient (Wildman–Crippen LogP) is 6.90. The molecule has 212 valence electrons. The number of hydrogen-bond acceptors (Lipinski definition) is 7. The SMILES string of the molecule is C=C(C)[C@@H]1CCC(C)=C[C@@H]1c1c(O)cc(O)cc1O.C=C(C)[C@H]1C=C[C@@](C)(O)CC1.Oc1cc(O)cc(O)c1. The molecule has 0 aliphatic heterocycles. The second-order valence-corrected chi connectivity index (χ2v) is 10.8. The van der Waals surface area contributed by atoms with Gasteiger partial charge in [0.25, 0.3) is 0 Å². The standard InChI is InChI=1S/C16H20O3.C10H16O.C6H6O3/c1-9(2)12-5-4-10(3)6-13(12)16-14(18)7-11(17)8-15(16)19;1-8(2)9-4-6-10(3,11)7-5-9;7-4-1-5(8)3-6(9)2-4/h6-8,12-13,17-19H,1,4-5H2,2-3H3;4,6,9,11H,1,5,7H2,2-3H3;1-3,7-9H/t12-,13-;9-,10+;/m00./s1. The molecule has 39 heavy (non-hydrogen) atoms. The van der Waals surface area contributed by atoms with Gasteiger partial charge >= 0.3 is 0 Å². The molecule has 0 saturated heterocycles. The number of hydrogen-bond donors (Lipinski definition) is 7. The summed E-state index contributed by atoms with van der Waals surface area (Å²) in [5, 5.41) is 65.0. The van der Waals surface area contributed by atoms with Gasteiger partial charge in [0.05, 0.1) is 5.60 Å². The van der Waals surface area contributed by atoms with E-state index in [1.807, 2.05) is 26.8 Å². The van der Waals surface area contributed by atoms with E-state index in [0.29, 0.717) is 11.5 Å². The first-order valence-corrected chi connectivity index (χ1v) is 13.0. The van der Waals surface area contributed by atoms with Crippen LogP contribution in [0.25, 0.3) is 0 Å². The zero-order valence-electron chi connectivity index (χ0n) is 23.2. The summed E-state index contributed by atoms with van der Waals surface area (Å²) in [5.74, 6) is -0.124. The first-order chi connectivity index (χ1) is 18.1. The van der Waals surface area contributed by atoms with Crippen LogP contribution in [0.3, 0.4) is 0 Å². The van der Waals surface area contributed by atoms with Crippen LogP contribution in [0, 0.1) is 11.8 Å². The smallest absolute Gasteiger partial charge is 0.126 e. The van der Waals surface area contributed by atoms with Crippen molar-refractivity contribution in [3.63, 3.8) is 0 Å². The molecule has 4 atom stereocenters. The average molecular weight is 539 g/mol. The number of aromatic hydroxyl groups is 6. The molecule has 0 aromatic heterocycles. The van der Waals surface area contributed by atoms with Crippen LogP contribution in [0.2, 0.25) is 0 Å². The molecule has 7 heteroatoms. The molecule has 7 N–H and O–H groups in total. The van der Waals surface area contributed by atoms with Crippen LogP contribution in [0.1, 0.15) is 64.9 Å². The summed E-state index contributed by atoms with van der Waals surface area (Å²) in [6, 6.07) is 5.95. The molecule has 0 unspecified atom stereocenters. The van der Waals surface area contributed by atoms with E-state index in [-0.39, 0.29) is 46.3 Å². The summed E-state index contributed by atoms with van der Waals surface area (Å²) >= 11 is 0. The van der Waals surface area contributed by atoms with E-state index in [9.17, 15) is 20.4 Å². The summed E-state index contributed by atoms with van der Waals surface area (Å²) in [6.45, 7) is 15.8. The molecule has 2 aliphatic rings.